The van der Waals surface area contributed by atoms with Crippen molar-refractivity contribution in [1.29, 1.82) is 0 Å². The van der Waals surface area contributed by atoms with Crippen LogP contribution in [0.2, 0.25) is 0 Å². The molecule has 0 atom stereocenters. The molecule has 144 valence electrons. The lowest BCUT2D eigenvalue weighted by atomic mass is 9.97. The summed E-state index contributed by atoms with van der Waals surface area (Å²) in [6.45, 7) is 5.59. The standard InChI is InChI=1S/C20H24N8/c1-15-6-7-28(25-15)19-13-18(21-14-22-19)26-8-10-27(11-9-26)20-12-16-4-2-3-5-17(16)23-24-20/h6-7,12-14H,2-5,8-11H2,1H3. The SMILES string of the molecule is Cc1ccn(-c2cc(N3CCN(c4cc5c(nn4)CCCC5)CC3)ncn2)n1. The third kappa shape index (κ3) is 3.30. The van der Waals surface area contributed by atoms with E-state index in [4.69, 9.17) is 0 Å². The number of aromatic nitrogens is 6. The van der Waals surface area contributed by atoms with Crippen molar-refractivity contribution in [3.63, 3.8) is 0 Å². The summed E-state index contributed by atoms with van der Waals surface area (Å²) in [6, 6.07) is 6.22. The summed E-state index contributed by atoms with van der Waals surface area (Å²) in [5.41, 5.74) is 3.55. The number of aryl methyl sites for hydroxylation is 3. The Balaban J connectivity index is 1.28. The first-order chi connectivity index (χ1) is 13.8. The zero-order valence-electron chi connectivity index (χ0n) is 16.1. The monoisotopic (exact) mass is 376 g/mol. The second kappa shape index (κ2) is 7.18. The van der Waals surface area contributed by atoms with Crippen LogP contribution in [0.25, 0.3) is 5.82 Å². The second-order valence-corrected chi connectivity index (χ2v) is 7.49. The molecule has 0 aromatic carbocycles. The van der Waals surface area contributed by atoms with Crippen molar-refractivity contribution in [2.75, 3.05) is 36.0 Å². The molecule has 1 fully saturated rings. The van der Waals surface area contributed by atoms with E-state index in [9.17, 15) is 0 Å². The maximum absolute atomic E-state index is 4.49. The Morgan fingerprint density at radius 2 is 1.57 bits per heavy atom. The highest BCUT2D eigenvalue weighted by molar-refractivity contribution is 5.48. The maximum Gasteiger partial charge on any atom is 0.158 e. The molecular weight excluding hydrogens is 352 g/mol. The molecule has 1 aliphatic heterocycles. The molecule has 3 aromatic heterocycles. The Bertz CT molecular complexity index is 974. The van der Waals surface area contributed by atoms with E-state index in [1.54, 1.807) is 11.0 Å². The van der Waals surface area contributed by atoms with Gasteiger partial charge in [-0.15, -0.1) is 5.10 Å². The highest BCUT2D eigenvalue weighted by Gasteiger charge is 2.21. The highest BCUT2D eigenvalue weighted by Crippen LogP contribution is 2.24. The van der Waals surface area contributed by atoms with Gasteiger partial charge in [-0.25, -0.2) is 14.6 Å². The number of hydrogen-bond acceptors (Lipinski definition) is 7. The van der Waals surface area contributed by atoms with Gasteiger partial charge >= 0.3 is 0 Å². The van der Waals surface area contributed by atoms with E-state index < -0.39 is 0 Å². The number of hydrogen-bond donors (Lipinski definition) is 0. The van der Waals surface area contributed by atoms with Crippen LogP contribution in [0.1, 0.15) is 29.8 Å². The lowest BCUT2D eigenvalue weighted by Crippen LogP contribution is -2.47. The smallest absolute Gasteiger partial charge is 0.158 e. The summed E-state index contributed by atoms with van der Waals surface area (Å²) in [7, 11) is 0. The van der Waals surface area contributed by atoms with Gasteiger partial charge in [0.25, 0.3) is 0 Å². The summed E-state index contributed by atoms with van der Waals surface area (Å²) in [5.74, 6) is 2.74. The summed E-state index contributed by atoms with van der Waals surface area (Å²) in [4.78, 5) is 13.5. The Labute approximate surface area is 164 Å². The molecule has 0 N–H and O–H groups in total. The fourth-order valence-electron chi connectivity index (χ4n) is 3.98. The van der Waals surface area contributed by atoms with E-state index in [0.717, 1.165) is 62.2 Å². The van der Waals surface area contributed by atoms with Crippen LogP contribution < -0.4 is 9.80 Å². The largest absolute Gasteiger partial charge is 0.353 e. The minimum atomic E-state index is 0.793. The lowest BCUT2D eigenvalue weighted by molar-refractivity contribution is 0.622. The molecule has 2 aliphatic rings. The zero-order valence-corrected chi connectivity index (χ0v) is 16.1. The van der Waals surface area contributed by atoms with Gasteiger partial charge < -0.3 is 9.80 Å². The average molecular weight is 376 g/mol. The summed E-state index contributed by atoms with van der Waals surface area (Å²) in [6.07, 6.45) is 8.24. The van der Waals surface area contributed by atoms with Gasteiger partial charge in [0.2, 0.25) is 0 Å². The molecule has 3 aromatic rings. The number of anilines is 2. The van der Waals surface area contributed by atoms with Gasteiger partial charge in [0.1, 0.15) is 12.1 Å². The van der Waals surface area contributed by atoms with Crippen LogP contribution in [0.3, 0.4) is 0 Å². The lowest BCUT2D eigenvalue weighted by Gasteiger charge is -2.36. The minimum absolute atomic E-state index is 0.793. The van der Waals surface area contributed by atoms with Crippen molar-refractivity contribution in [2.45, 2.75) is 32.6 Å². The molecule has 5 rings (SSSR count). The predicted molar refractivity (Wildman–Crippen MR) is 107 cm³/mol. The second-order valence-electron chi connectivity index (χ2n) is 7.49. The highest BCUT2D eigenvalue weighted by atomic mass is 15.3. The number of nitrogens with zero attached hydrogens (tertiary/aromatic N) is 8. The Morgan fingerprint density at radius 1 is 0.821 bits per heavy atom. The minimum Gasteiger partial charge on any atom is -0.353 e. The molecule has 1 aliphatic carbocycles. The Morgan fingerprint density at radius 3 is 2.36 bits per heavy atom. The first-order valence-corrected chi connectivity index (χ1v) is 9.96. The number of rotatable bonds is 3. The fourth-order valence-corrected chi connectivity index (χ4v) is 3.98. The quantitative estimate of drug-likeness (QED) is 0.692. The molecule has 0 amide bonds. The summed E-state index contributed by atoms with van der Waals surface area (Å²) >= 11 is 0. The number of piperazine rings is 1. The summed E-state index contributed by atoms with van der Waals surface area (Å²) in [5, 5.41) is 13.4. The van der Waals surface area contributed by atoms with Gasteiger partial charge in [0.05, 0.1) is 11.4 Å². The van der Waals surface area contributed by atoms with Crippen LogP contribution in [-0.2, 0) is 12.8 Å². The normalized spacial score (nSPS) is 16.9. The van der Waals surface area contributed by atoms with Gasteiger partial charge in [0, 0.05) is 38.4 Å². The number of fused-ring (bicyclic) bond motifs is 1. The topological polar surface area (TPSA) is 75.9 Å². The molecule has 0 saturated carbocycles. The van der Waals surface area contributed by atoms with E-state index >= 15 is 0 Å². The van der Waals surface area contributed by atoms with E-state index in [2.05, 4.69) is 41.1 Å². The van der Waals surface area contributed by atoms with Gasteiger partial charge in [-0.1, -0.05) is 0 Å². The first-order valence-electron chi connectivity index (χ1n) is 9.96. The van der Waals surface area contributed by atoms with Crippen LogP contribution in [0, 0.1) is 6.92 Å². The van der Waals surface area contributed by atoms with Crippen molar-refractivity contribution >= 4 is 11.6 Å². The van der Waals surface area contributed by atoms with Gasteiger partial charge in [-0.3, -0.25) is 0 Å². The van der Waals surface area contributed by atoms with Crippen LogP contribution >= 0.6 is 0 Å². The van der Waals surface area contributed by atoms with Crippen LogP contribution in [-0.4, -0.2) is 56.1 Å². The Hall–Kier alpha value is -3.03. The van der Waals surface area contributed by atoms with Crippen molar-refractivity contribution in [1.82, 2.24) is 29.9 Å². The first kappa shape index (κ1) is 17.1. The van der Waals surface area contributed by atoms with Gasteiger partial charge in [0.15, 0.2) is 11.6 Å². The van der Waals surface area contributed by atoms with Crippen LogP contribution in [0.15, 0.2) is 30.7 Å². The molecule has 0 bridgehead atoms. The molecular formula is C20H24N8. The summed E-state index contributed by atoms with van der Waals surface area (Å²) < 4.78 is 1.79. The molecule has 0 spiro atoms. The molecule has 28 heavy (non-hydrogen) atoms. The predicted octanol–water partition coefficient (Wildman–Crippen LogP) is 1.97. The Kier molecular flexibility index (Phi) is 4.38. The molecule has 0 radical (unpaired) electrons. The van der Waals surface area contributed by atoms with E-state index in [1.807, 2.05) is 25.3 Å². The van der Waals surface area contributed by atoms with Crippen molar-refractivity contribution < 1.29 is 0 Å². The van der Waals surface area contributed by atoms with Crippen LogP contribution in [0.5, 0.6) is 0 Å². The fraction of sp³-hybridized carbons (Fsp3) is 0.450. The third-order valence-electron chi connectivity index (χ3n) is 5.58. The van der Waals surface area contributed by atoms with E-state index in [-0.39, 0.29) is 0 Å². The van der Waals surface area contributed by atoms with Gasteiger partial charge in [-0.2, -0.15) is 10.2 Å². The molecule has 1 saturated heterocycles. The van der Waals surface area contributed by atoms with Crippen LogP contribution in [0.4, 0.5) is 11.6 Å². The average Bonchev–Trinajstić information content (AvgIpc) is 3.20. The van der Waals surface area contributed by atoms with Gasteiger partial charge in [-0.05, 0) is 50.3 Å². The van der Waals surface area contributed by atoms with E-state index in [0.29, 0.717) is 0 Å². The molecule has 8 heteroatoms. The third-order valence-corrected chi connectivity index (χ3v) is 5.58. The van der Waals surface area contributed by atoms with Crippen molar-refractivity contribution in [3.8, 4) is 5.82 Å². The maximum atomic E-state index is 4.49. The molecule has 8 nitrogen and oxygen atoms in total. The van der Waals surface area contributed by atoms with Crippen molar-refractivity contribution in [3.05, 3.63) is 47.7 Å². The molecule has 0 unspecified atom stereocenters. The van der Waals surface area contributed by atoms with E-state index in [1.165, 1.54) is 24.1 Å². The van der Waals surface area contributed by atoms with Crippen molar-refractivity contribution in [2.24, 2.45) is 0 Å². The zero-order chi connectivity index (χ0) is 18.9. The molecule has 4 heterocycles.